The highest BCUT2D eigenvalue weighted by Crippen LogP contribution is 2.45. The lowest BCUT2D eigenvalue weighted by Crippen LogP contribution is -2.36. The second-order valence-electron chi connectivity index (χ2n) is 13.8. The van der Waals surface area contributed by atoms with Crippen molar-refractivity contribution in [3.63, 3.8) is 0 Å². The van der Waals surface area contributed by atoms with E-state index in [1.54, 1.807) is 60.5 Å². The number of rotatable bonds is 11. The van der Waals surface area contributed by atoms with Gasteiger partial charge >= 0.3 is 5.97 Å². The first-order valence-electron chi connectivity index (χ1n) is 18.5. The van der Waals surface area contributed by atoms with Crippen LogP contribution < -0.4 is 10.2 Å². The minimum Gasteiger partial charge on any atom is -0.761 e. The maximum atomic E-state index is 16.5. The number of aryl methyl sites for hydroxylation is 2. The van der Waals surface area contributed by atoms with Gasteiger partial charge in [-0.25, -0.2) is 26.4 Å². The highest BCUT2D eigenvalue weighted by molar-refractivity contribution is 7.89. The Morgan fingerprint density at radius 2 is 1.81 bits per heavy atom. The monoisotopic (exact) mass is 822 g/mol. The quantitative estimate of drug-likeness (QED) is 0.0780. The van der Waals surface area contributed by atoms with Gasteiger partial charge in [-0.15, -0.1) is 0 Å². The largest absolute Gasteiger partial charge is 0.761 e. The summed E-state index contributed by atoms with van der Waals surface area (Å²) in [5, 5.41) is 18.6. The van der Waals surface area contributed by atoms with Crippen molar-refractivity contribution in [3.8, 4) is 16.9 Å². The van der Waals surface area contributed by atoms with Gasteiger partial charge in [0.25, 0.3) is 5.92 Å². The molecule has 0 saturated heterocycles. The van der Waals surface area contributed by atoms with Gasteiger partial charge in [-0.05, 0) is 79.6 Å². The van der Waals surface area contributed by atoms with Gasteiger partial charge in [-0.2, -0.15) is 9.40 Å². The molecule has 300 valence electrons. The normalized spacial score (nSPS) is 14.7. The number of esters is 1. The van der Waals surface area contributed by atoms with Gasteiger partial charge in [0.1, 0.15) is 22.2 Å². The number of aromatic nitrogens is 3. The van der Waals surface area contributed by atoms with Gasteiger partial charge in [0, 0.05) is 53.3 Å². The van der Waals surface area contributed by atoms with E-state index in [0.717, 1.165) is 9.69 Å². The van der Waals surface area contributed by atoms with Gasteiger partial charge in [0.05, 0.1) is 42.5 Å². The lowest BCUT2D eigenvalue weighted by Gasteiger charge is -2.26. The van der Waals surface area contributed by atoms with Gasteiger partial charge in [0.15, 0.2) is 0 Å². The zero-order chi connectivity index (χ0) is 40.6. The van der Waals surface area contributed by atoms with Crippen LogP contribution in [0.5, 0.6) is 5.75 Å². The molecule has 0 fully saturated rings. The SMILES string of the molecule is CCOC(=O)c1c(CCCOc2cccc3cc(F)ccc23)c2ccc(Cl)c3c2n1CC(F)(F)CCN(S(=O)(=O)c1ccccc1N[O-])Cc1nn(C)c(CC)c1-3. The average molecular weight is 823 g/mol. The molecule has 0 bridgehead atoms. The molecule has 11 nitrogen and oxygen atoms in total. The molecule has 7 rings (SSSR count). The third kappa shape index (κ3) is 7.56. The van der Waals surface area contributed by atoms with Gasteiger partial charge in [0.2, 0.25) is 10.0 Å². The van der Waals surface area contributed by atoms with Crippen LogP contribution in [0.3, 0.4) is 0 Å². The number of nitrogens with zero attached hydrogens (tertiary/aromatic N) is 4. The van der Waals surface area contributed by atoms with Gasteiger partial charge in [-0.1, -0.05) is 48.9 Å². The Bertz CT molecular complexity index is 2610. The van der Waals surface area contributed by atoms with Gasteiger partial charge in [-0.3, -0.25) is 4.68 Å². The van der Waals surface area contributed by atoms with Crippen molar-refractivity contribution in [1.82, 2.24) is 18.7 Å². The van der Waals surface area contributed by atoms with Crippen LogP contribution in [0.2, 0.25) is 5.02 Å². The molecule has 0 radical (unpaired) electrons. The van der Waals surface area contributed by atoms with E-state index in [2.05, 4.69) is 0 Å². The summed E-state index contributed by atoms with van der Waals surface area (Å²) in [6, 6.07) is 18.5. The molecule has 0 spiro atoms. The number of alkyl halides is 2. The molecular weight excluding hydrogens is 783 g/mol. The number of benzene rings is 4. The predicted octanol–water partition coefficient (Wildman–Crippen LogP) is 8.88. The number of hydrogen-bond donors (Lipinski definition) is 1. The van der Waals surface area contributed by atoms with E-state index in [9.17, 15) is 22.8 Å². The summed E-state index contributed by atoms with van der Waals surface area (Å²) in [4.78, 5) is 13.6. The molecule has 1 N–H and O–H groups in total. The summed E-state index contributed by atoms with van der Waals surface area (Å²) in [7, 11) is -2.84. The van der Waals surface area contributed by atoms with E-state index >= 15 is 8.78 Å². The zero-order valence-electron chi connectivity index (χ0n) is 31.5. The number of ether oxygens (including phenoxy) is 2. The van der Waals surface area contributed by atoms with Crippen molar-refractivity contribution in [1.29, 1.82) is 0 Å². The van der Waals surface area contributed by atoms with Crippen molar-refractivity contribution in [2.75, 3.05) is 25.2 Å². The molecular formula is C41H40ClF3N5O6S-. The van der Waals surface area contributed by atoms with Crippen molar-refractivity contribution in [2.45, 2.75) is 63.4 Å². The van der Waals surface area contributed by atoms with Crippen molar-refractivity contribution < 1.29 is 35.9 Å². The molecule has 1 aliphatic rings. The number of sulfonamides is 1. The maximum absolute atomic E-state index is 16.5. The first-order chi connectivity index (χ1) is 27.3. The van der Waals surface area contributed by atoms with E-state index in [1.807, 2.05) is 6.92 Å². The van der Waals surface area contributed by atoms with Crippen LogP contribution in [0.1, 0.15) is 54.1 Å². The van der Waals surface area contributed by atoms with Crippen LogP contribution in [-0.2, 0) is 47.7 Å². The van der Waals surface area contributed by atoms with E-state index in [0.29, 0.717) is 51.7 Å². The van der Waals surface area contributed by atoms with Crippen molar-refractivity contribution in [2.24, 2.45) is 7.05 Å². The number of nitrogens with one attached hydrogen (secondary N) is 1. The molecule has 0 unspecified atom stereocenters. The van der Waals surface area contributed by atoms with Crippen LogP contribution in [0.15, 0.2) is 77.7 Å². The smallest absolute Gasteiger partial charge is 0.355 e. The molecule has 6 aromatic rings. The Hall–Kier alpha value is -5.09. The summed E-state index contributed by atoms with van der Waals surface area (Å²) >= 11 is 7.05. The summed E-state index contributed by atoms with van der Waals surface area (Å²) in [5.41, 5.74) is 3.75. The maximum Gasteiger partial charge on any atom is 0.355 e. The number of para-hydroxylation sites is 1. The summed E-state index contributed by atoms with van der Waals surface area (Å²) < 4.78 is 90.8. The molecule has 1 aliphatic heterocycles. The fourth-order valence-corrected chi connectivity index (χ4v) is 9.53. The third-order valence-electron chi connectivity index (χ3n) is 10.3. The number of fused-ring (bicyclic) bond motifs is 3. The number of hydrogen-bond acceptors (Lipinski definition) is 8. The molecule has 0 saturated carbocycles. The highest BCUT2D eigenvalue weighted by atomic mass is 35.5. The highest BCUT2D eigenvalue weighted by Gasteiger charge is 2.39. The topological polar surface area (TPSA) is 131 Å². The molecule has 16 heteroatoms. The molecule has 2 aromatic heterocycles. The van der Waals surface area contributed by atoms with Crippen LogP contribution in [0.25, 0.3) is 32.8 Å². The Kier molecular flexibility index (Phi) is 11.3. The minimum atomic E-state index is -4.54. The second kappa shape index (κ2) is 16.0. The predicted molar refractivity (Wildman–Crippen MR) is 213 cm³/mol. The Labute approximate surface area is 332 Å². The van der Waals surface area contributed by atoms with Crippen molar-refractivity contribution >= 4 is 55.0 Å². The van der Waals surface area contributed by atoms with Gasteiger partial charge < -0.3 is 24.7 Å². The fourth-order valence-electron chi connectivity index (χ4n) is 7.75. The fraction of sp³-hybridized carbons (Fsp3) is 0.317. The Morgan fingerprint density at radius 3 is 2.56 bits per heavy atom. The van der Waals surface area contributed by atoms with E-state index in [4.69, 9.17) is 26.2 Å². The summed E-state index contributed by atoms with van der Waals surface area (Å²) in [5.74, 6) is -4.19. The minimum absolute atomic E-state index is 0.0200. The molecule has 4 aromatic carbocycles. The van der Waals surface area contributed by atoms with Crippen LogP contribution >= 0.6 is 11.6 Å². The number of anilines is 1. The van der Waals surface area contributed by atoms with Crippen molar-refractivity contribution in [3.05, 3.63) is 111 Å². The molecule has 0 atom stereocenters. The summed E-state index contributed by atoms with van der Waals surface area (Å²) in [6.07, 6.45) is 0.0670. The zero-order valence-corrected chi connectivity index (χ0v) is 33.0. The standard InChI is InChI=1S/C41H40ClF3N5O6S/c1-4-33-37-32(46-48(33)3)23-49(57(53,54)35-14-7-6-12-31(35)47-52)20-19-41(44,45)24-50-38-29(17-18-30(42)36(37)38)28(39(50)40(51)55-5-2)11-9-21-56-34-13-8-10-25-22-26(43)15-16-27(25)34/h6-8,10,12-18,22,47H,4-5,9,11,19-21,23-24H2,1-3H3/q-1. The first-order valence-corrected chi connectivity index (χ1v) is 20.3. The Balaban J connectivity index is 1.38. The van der Waals surface area contributed by atoms with E-state index in [1.165, 1.54) is 41.0 Å². The molecule has 57 heavy (non-hydrogen) atoms. The lowest BCUT2D eigenvalue weighted by molar-refractivity contribution is -0.0275. The molecule has 0 amide bonds. The second-order valence-corrected chi connectivity index (χ2v) is 16.1. The van der Waals surface area contributed by atoms with Crippen LogP contribution in [0.4, 0.5) is 18.9 Å². The third-order valence-corrected chi connectivity index (χ3v) is 12.5. The number of carbonyl (C=O) groups excluding carboxylic acids is 1. The summed E-state index contributed by atoms with van der Waals surface area (Å²) in [6.45, 7) is 1.61. The lowest BCUT2D eigenvalue weighted by atomic mass is 9.97. The Morgan fingerprint density at radius 1 is 1.04 bits per heavy atom. The first kappa shape index (κ1) is 40.1. The van der Waals surface area contributed by atoms with E-state index < -0.39 is 48.0 Å². The molecule has 0 aliphatic carbocycles. The van der Waals surface area contributed by atoms with Crippen LogP contribution in [-0.4, -0.2) is 58.7 Å². The molecule has 3 heterocycles. The van der Waals surface area contributed by atoms with Crippen LogP contribution in [0, 0.1) is 11.0 Å². The number of halogens is 4. The number of carbonyl (C=O) groups is 1. The average Bonchev–Trinajstić information content (AvgIpc) is 3.65. The van der Waals surface area contributed by atoms with E-state index in [-0.39, 0.29) is 58.0 Å².